The Morgan fingerprint density at radius 2 is 1.97 bits per heavy atom. The Bertz CT molecular complexity index is 1170. The van der Waals surface area contributed by atoms with Crippen molar-refractivity contribution in [1.29, 1.82) is 0 Å². The molecule has 3 heterocycles. The fourth-order valence-corrected chi connectivity index (χ4v) is 4.81. The van der Waals surface area contributed by atoms with E-state index < -0.39 is 0 Å². The van der Waals surface area contributed by atoms with E-state index in [1.165, 1.54) is 11.3 Å². The third kappa shape index (κ3) is 3.96. The third-order valence-corrected chi connectivity index (χ3v) is 6.66. The molecule has 6 nitrogen and oxygen atoms in total. The first kappa shape index (κ1) is 20.6. The summed E-state index contributed by atoms with van der Waals surface area (Å²) in [4.78, 5) is 22.9. The molecule has 0 saturated carbocycles. The van der Waals surface area contributed by atoms with Gasteiger partial charge in [0.25, 0.3) is 5.91 Å². The molecule has 3 aromatic rings. The Balaban J connectivity index is 1.49. The van der Waals surface area contributed by atoms with Crippen LogP contribution in [0.3, 0.4) is 0 Å². The Kier molecular flexibility index (Phi) is 5.57. The lowest BCUT2D eigenvalue weighted by Gasteiger charge is -2.25. The molecule has 164 valence electrons. The Morgan fingerprint density at radius 3 is 2.78 bits per heavy atom. The molecule has 2 aromatic carbocycles. The number of rotatable bonds is 2. The molecule has 0 aliphatic carbocycles. The van der Waals surface area contributed by atoms with Gasteiger partial charge < -0.3 is 19.3 Å². The molecule has 7 heteroatoms. The first-order valence-corrected chi connectivity index (χ1v) is 11.6. The summed E-state index contributed by atoms with van der Waals surface area (Å²) in [6, 6.07) is 15.7. The van der Waals surface area contributed by atoms with Crippen molar-refractivity contribution >= 4 is 28.8 Å². The molecule has 2 aliphatic rings. The van der Waals surface area contributed by atoms with Crippen molar-refractivity contribution in [3.8, 4) is 17.2 Å². The number of carbonyl (C=O) groups is 1. The van der Waals surface area contributed by atoms with E-state index in [-0.39, 0.29) is 5.91 Å². The monoisotopic (exact) mass is 447 g/mol. The average molecular weight is 448 g/mol. The molecule has 0 N–H and O–H groups in total. The van der Waals surface area contributed by atoms with E-state index >= 15 is 0 Å². The minimum Gasteiger partial charge on any atom is -0.497 e. The molecule has 0 unspecified atom stereocenters. The minimum absolute atomic E-state index is 0.107. The van der Waals surface area contributed by atoms with Crippen LogP contribution in [-0.2, 0) is 0 Å². The van der Waals surface area contributed by atoms with Gasteiger partial charge >= 0.3 is 0 Å². The van der Waals surface area contributed by atoms with Gasteiger partial charge in [0.15, 0.2) is 5.75 Å². The van der Waals surface area contributed by atoms with Crippen LogP contribution in [0.2, 0.25) is 0 Å². The molecule has 2 aliphatic heterocycles. The van der Waals surface area contributed by atoms with Crippen LogP contribution < -0.4 is 9.47 Å². The highest BCUT2D eigenvalue weighted by molar-refractivity contribution is 7.12. The highest BCUT2D eigenvalue weighted by atomic mass is 32.1. The summed E-state index contributed by atoms with van der Waals surface area (Å²) in [7, 11) is 1.66. The summed E-state index contributed by atoms with van der Waals surface area (Å²) < 4.78 is 11.8. The van der Waals surface area contributed by atoms with E-state index in [1.54, 1.807) is 7.11 Å². The lowest BCUT2D eigenvalue weighted by Crippen LogP contribution is -2.37. The maximum absolute atomic E-state index is 12.9. The maximum Gasteiger partial charge on any atom is 0.263 e. The standard InChI is InChI=1S/C25H25N3O3S/c1-17-6-8-20-22(15-17)31-21-9-7-18(30-2)16-19(21)24(26-20)27-10-4-11-28(13-12-27)25(29)23-5-3-14-32-23/h3,5-9,14-16H,4,10-13H2,1-2H3. The second kappa shape index (κ2) is 8.67. The molecule has 1 saturated heterocycles. The summed E-state index contributed by atoms with van der Waals surface area (Å²) in [6.45, 7) is 4.94. The van der Waals surface area contributed by atoms with E-state index in [0.717, 1.165) is 64.3 Å². The van der Waals surface area contributed by atoms with Crippen LogP contribution in [0.5, 0.6) is 17.2 Å². The summed E-state index contributed by atoms with van der Waals surface area (Å²) in [5.41, 5.74) is 2.82. The van der Waals surface area contributed by atoms with Gasteiger partial charge in [0, 0.05) is 26.2 Å². The number of amides is 1. The Morgan fingerprint density at radius 1 is 1.06 bits per heavy atom. The van der Waals surface area contributed by atoms with Gasteiger partial charge in [-0.1, -0.05) is 12.1 Å². The highest BCUT2D eigenvalue weighted by Gasteiger charge is 2.27. The van der Waals surface area contributed by atoms with Crippen LogP contribution in [0.25, 0.3) is 0 Å². The molecule has 0 bridgehead atoms. The lowest BCUT2D eigenvalue weighted by molar-refractivity contribution is 0.0769. The van der Waals surface area contributed by atoms with E-state index in [4.69, 9.17) is 14.5 Å². The summed E-state index contributed by atoms with van der Waals surface area (Å²) in [5.74, 6) is 3.22. The average Bonchev–Trinajstić information content (AvgIpc) is 3.16. The van der Waals surface area contributed by atoms with Crippen LogP contribution in [0.4, 0.5) is 5.69 Å². The molecule has 0 spiro atoms. The number of methoxy groups -OCH3 is 1. The number of ether oxygens (including phenoxy) is 2. The van der Waals surface area contributed by atoms with Crippen molar-refractivity contribution in [1.82, 2.24) is 9.80 Å². The van der Waals surface area contributed by atoms with Gasteiger partial charge in [-0.25, -0.2) is 4.99 Å². The number of fused-ring (bicyclic) bond motifs is 2. The fourth-order valence-electron chi connectivity index (χ4n) is 4.12. The van der Waals surface area contributed by atoms with Gasteiger partial charge in [-0.2, -0.15) is 0 Å². The number of thiophene rings is 1. The first-order chi connectivity index (χ1) is 15.6. The number of aryl methyl sites for hydroxylation is 1. The quantitative estimate of drug-likeness (QED) is 0.549. The maximum atomic E-state index is 12.9. The zero-order valence-corrected chi connectivity index (χ0v) is 19.0. The molecular weight excluding hydrogens is 422 g/mol. The number of hydrogen-bond acceptors (Lipinski definition) is 6. The third-order valence-electron chi connectivity index (χ3n) is 5.80. The molecule has 1 fully saturated rings. The van der Waals surface area contributed by atoms with E-state index in [1.807, 2.05) is 65.7 Å². The fraction of sp³-hybridized carbons (Fsp3) is 0.280. The summed E-state index contributed by atoms with van der Waals surface area (Å²) in [6.07, 6.45) is 0.872. The number of amidine groups is 1. The van der Waals surface area contributed by atoms with Crippen molar-refractivity contribution in [3.05, 3.63) is 69.9 Å². The normalized spacial score (nSPS) is 15.6. The zero-order chi connectivity index (χ0) is 22.1. The molecule has 1 amide bonds. The van der Waals surface area contributed by atoms with Crippen molar-refractivity contribution in [2.24, 2.45) is 4.99 Å². The number of benzene rings is 2. The van der Waals surface area contributed by atoms with Crippen LogP contribution in [0.1, 0.15) is 27.2 Å². The van der Waals surface area contributed by atoms with Crippen molar-refractivity contribution < 1.29 is 14.3 Å². The SMILES string of the molecule is COc1ccc2c(c1)C(N1CCCN(C(=O)c3cccs3)CC1)=Nc1ccc(C)cc1O2. The summed E-state index contributed by atoms with van der Waals surface area (Å²) in [5, 5.41) is 1.95. The van der Waals surface area contributed by atoms with Crippen LogP contribution in [-0.4, -0.2) is 54.8 Å². The van der Waals surface area contributed by atoms with Gasteiger partial charge in [-0.15, -0.1) is 11.3 Å². The van der Waals surface area contributed by atoms with Gasteiger partial charge in [0.05, 0.1) is 17.6 Å². The van der Waals surface area contributed by atoms with Crippen molar-refractivity contribution in [2.45, 2.75) is 13.3 Å². The minimum atomic E-state index is 0.107. The van der Waals surface area contributed by atoms with Gasteiger partial charge in [-0.3, -0.25) is 4.79 Å². The van der Waals surface area contributed by atoms with Crippen molar-refractivity contribution in [3.63, 3.8) is 0 Å². The number of nitrogens with zero attached hydrogens (tertiary/aromatic N) is 3. The lowest BCUT2D eigenvalue weighted by atomic mass is 10.1. The van der Waals surface area contributed by atoms with Gasteiger partial charge in [0.2, 0.25) is 0 Å². The smallest absolute Gasteiger partial charge is 0.263 e. The summed E-state index contributed by atoms with van der Waals surface area (Å²) >= 11 is 1.49. The largest absolute Gasteiger partial charge is 0.497 e. The molecular formula is C25H25N3O3S. The first-order valence-electron chi connectivity index (χ1n) is 10.8. The number of carbonyl (C=O) groups excluding carboxylic acids is 1. The second-order valence-electron chi connectivity index (χ2n) is 7.98. The zero-order valence-electron chi connectivity index (χ0n) is 18.2. The van der Waals surface area contributed by atoms with E-state index in [0.29, 0.717) is 13.1 Å². The molecule has 32 heavy (non-hydrogen) atoms. The number of aliphatic imine (C=N–C) groups is 1. The predicted molar refractivity (Wildman–Crippen MR) is 127 cm³/mol. The second-order valence-corrected chi connectivity index (χ2v) is 8.93. The van der Waals surface area contributed by atoms with Crippen LogP contribution in [0, 0.1) is 6.92 Å². The van der Waals surface area contributed by atoms with E-state index in [2.05, 4.69) is 4.90 Å². The van der Waals surface area contributed by atoms with Crippen molar-refractivity contribution in [2.75, 3.05) is 33.3 Å². The van der Waals surface area contributed by atoms with Gasteiger partial charge in [0.1, 0.15) is 23.0 Å². The number of hydrogen-bond donors (Lipinski definition) is 0. The topological polar surface area (TPSA) is 54.4 Å². The van der Waals surface area contributed by atoms with Crippen LogP contribution >= 0.6 is 11.3 Å². The molecule has 0 radical (unpaired) electrons. The van der Waals surface area contributed by atoms with E-state index in [9.17, 15) is 4.79 Å². The molecule has 1 aromatic heterocycles. The predicted octanol–water partition coefficient (Wildman–Crippen LogP) is 5.10. The highest BCUT2D eigenvalue weighted by Crippen LogP contribution is 2.40. The Labute approximate surface area is 191 Å². The van der Waals surface area contributed by atoms with Gasteiger partial charge in [-0.05, 0) is 60.7 Å². The molecule has 5 rings (SSSR count). The molecule has 0 atom stereocenters. The van der Waals surface area contributed by atoms with Crippen LogP contribution in [0.15, 0.2) is 58.9 Å². The Hall–Kier alpha value is -3.32.